The lowest BCUT2D eigenvalue weighted by atomic mass is 9.93. The van der Waals surface area contributed by atoms with Crippen molar-refractivity contribution in [1.29, 1.82) is 0 Å². The van der Waals surface area contributed by atoms with E-state index in [2.05, 4.69) is 23.7 Å². The minimum Gasteiger partial charge on any atom is -0.343 e. The molecule has 0 saturated heterocycles. The van der Waals surface area contributed by atoms with Gasteiger partial charge in [-0.05, 0) is 23.8 Å². The molecule has 1 aliphatic heterocycles. The Balaban J connectivity index is 2.12. The molecular weight excluding hydrogens is 244 g/mol. The second kappa shape index (κ2) is 6.25. The van der Waals surface area contributed by atoms with Gasteiger partial charge in [-0.2, -0.15) is 11.8 Å². The lowest BCUT2D eigenvalue weighted by Gasteiger charge is -2.29. The highest BCUT2D eigenvalue weighted by atomic mass is 32.2. The molecule has 1 N–H and O–H groups in total. The average molecular weight is 264 g/mol. The zero-order chi connectivity index (χ0) is 13.0. The Morgan fingerprint density at radius 3 is 3.06 bits per heavy atom. The Hall–Kier alpha value is -1.00. The van der Waals surface area contributed by atoms with E-state index in [4.69, 9.17) is 0 Å². The molecule has 1 aromatic rings. The summed E-state index contributed by atoms with van der Waals surface area (Å²) in [5, 5.41) is 3.33. The number of amides is 1. The molecule has 3 nitrogen and oxygen atoms in total. The van der Waals surface area contributed by atoms with Crippen LogP contribution in [0, 0.1) is 0 Å². The maximum atomic E-state index is 12.4. The molecule has 0 aliphatic carbocycles. The number of hydrogen-bond acceptors (Lipinski definition) is 3. The van der Waals surface area contributed by atoms with Crippen LogP contribution in [0.4, 0.5) is 0 Å². The Bertz CT molecular complexity index is 422. The van der Waals surface area contributed by atoms with E-state index in [1.54, 1.807) is 11.8 Å². The summed E-state index contributed by atoms with van der Waals surface area (Å²) >= 11 is 1.77. The van der Waals surface area contributed by atoms with Crippen LogP contribution in [0.2, 0.25) is 0 Å². The van der Waals surface area contributed by atoms with E-state index in [1.165, 1.54) is 5.56 Å². The fourth-order valence-electron chi connectivity index (χ4n) is 2.28. The number of rotatable bonds is 4. The number of thioether (sulfide) groups is 1. The second-order valence-electron chi connectivity index (χ2n) is 4.59. The normalized spacial score (nSPS) is 18.2. The molecule has 18 heavy (non-hydrogen) atoms. The van der Waals surface area contributed by atoms with Crippen LogP contribution in [0.5, 0.6) is 0 Å². The van der Waals surface area contributed by atoms with Crippen LogP contribution in [0.1, 0.15) is 17.2 Å². The van der Waals surface area contributed by atoms with Gasteiger partial charge in [-0.3, -0.25) is 4.79 Å². The van der Waals surface area contributed by atoms with Crippen LogP contribution in [0.25, 0.3) is 0 Å². The van der Waals surface area contributed by atoms with Crippen LogP contribution < -0.4 is 5.32 Å². The van der Waals surface area contributed by atoms with Crippen LogP contribution in [-0.2, 0) is 11.2 Å². The summed E-state index contributed by atoms with van der Waals surface area (Å²) in [6.07, 6.45) is 3.07. The lowest BCUT2D eigenvalue weighted by molar-refractivity contribution is -0.132. The fraction of sp³-hybridized carbons (Fsp3) is 0.500. The first-order valence-electron chi connectivity index (χ1n) is 6.29. The maximum absolute atomic E-state index is 12.4. The fourth-order valence-corrected chi connectivity index (χ4v) is 2.74. The highest BCUT2D eigenvalue weighted by Crippen LogP contribution is 2.24. The predicted octanol–water partition coefficient (Wildman–Crippen LogP) is 1.69. The molecule has 1 atom stereocenters. The number of carbonyl (C=O) groups excluding carboxylic acids is 1. The van der Waals surface area contributed by atoms with Crippen LogP contribution in [0.15, 0.2) is 24.3 Å². The third-order valence-electron chi connectivity index (χ3n) is 3.36. The standard InChI is InChI=1S/C14H20N2OS/c1-16(9-10-18-2)14(17)13-12-6-4-3-5-11(12)7-8-15-13/h3-6,13,15H,7-10H2,1-2H3. The smallest absolute Gasteiger partial charge is 0.244 e. The minimum absolute atomic E-state index is 0.165. The van der Waals surface area contributed by atoms with Crippen molar-refractivity contribution < 1.29 is 4.79 Å². The predicted molar refractivity (Wildman–Crippen MR) is 76.9 cm³/mol. The van der Waals surface area contributed by atoms with Crippen LogP contribution >= 0.6 is 11.8 Å². The zero-order valence-electron chi connectivity index (χ0n) is 11.0. The third kappa shape index (κ3) is 2.87. The van der Waals surface area contributed by atoms with Gasteiger partial charge in [0.1, 0.15) is 6.04 Å². The summed E-state index contributed by atoms with van der Waals surface area (Å²) in [6, 6.07) is 8.07. The number of likely N-dealkylation sites (N-methyl/N-ethyl adjacent to an activating group) is 1. The molecule has 1 amide bonds. The van der Waals surface area contributed by atoms with Crippen LogP contribution in [0.3, 0.4) is 0 Å². The number of fused-ring (bicyclic) bond motifs is 1. The van der Waals surface area contributed by atoms with Crippen LogP contribution in [-0.4, -0.2) is 43.0 Å². The molecule has 1 aliphatic rings. The van der Waals surface area contributed by atoms with Crippen molar-refractivity contribution in [1.82, 2.24) is 10.2 Å². The number of nitrogens with zero attached hydrogens (tertiary/aromatic N) is 1. The number of benzene rings is 1. The van der Waals surface area contributed by atoms with E-state index in [0.717, 1.165) is 30.8 Å². The Morgan fingerprint density at radius 1 is 1.50 bits per heavy atom. The summed E-state index contributed by atoms with van der Waals surface area (Å²) in [4.78, 5) is 14.3. The van der Waals surface area contributed by atoms with Gasteiger partial charge in [0.05, 0.1) is 0 Å². The van der Waals surface area contributed by atoms with E-state index in [-0.39, 0.29) is 11.9 Å². The zero-order valence-corrected chi connectivity index (χ0v) is 11.8. The van der Waals surface area contributed by atoms with Gasteiger partial charge in [0, 0.05) is 25.9 Å². The van der Waals surface area contributed by atoms with Gasteiger partial charge in [-0.25, -0.2) is 0 Å². The van der Waals surface area contributed by atoms with E-state index in [0.29, 0.717) is 0 Å². The van der Waals surface area contributed by atoms with Gasteiger partial charge in [-0.15, -0.1) is 0 Å². The van der Waals surface area contributed by atoms with E-state index < -0.39 is 0 Å². The molecule has 0 saturated carbocycles. The highest BCUT2D eigenvalue weighted by Gasteiger charge is 2.27. The summed E-state index contributed by atoms with van der Waals surface area (Å²) in [7, 11) is 1.89. The first-order chi connectivity index (χ1) is 8.74. The van der Waals surface area contributed by atoms with Crippen molar-refractivity contribution in [3.8, 4) is 0 Å². The molecule has 1 heterocycles. The largest absolute Gasteiger partial charge is 0.343 e. The van der Waals surface area contributed by atoms with Crippen molar-refractivity contribution in [2.75, 3.05) is 32.1 Å². The highest BCUT2D eigenvalue weighted by molar-refractivity contribution is 7.98. The van der Waals surface area contributed by atoms with E-state index in [1.807, 2.05) is 24.1 Å². The first-order valence-corrected chi connectivity index (χ1v) is 7.68. The summed E-state index contributed by atoms with van der Waals surface area (Å²) < 4.78 is 0. The van der Waals surface area contributed by atoms with Crippen molar-refractivity contribution >= 4 is 17.7 Å². The van der Waals surface area contributed by atoms with E-state index in [9.17, 15) is 4.79 Å². The van der Waals surface area contributed by atoms with Crippen molar-refractivity contribution in [2.24, 2.45) is 0 Å². The maximum Gasteiger partial charge on any atom is 0.244 e. The first kappa shape index (κ1) is 13.4. The molecule has 0 spiro atoms. The van der Waals surface area contributed by atoms with E-state index >= 15 is 0 Å². The number of hydrogen-bond donors (Lipinski definition) is 1. The summed E-state index contributed by atoms with van der Waals surface area (Å²) in [5.74, 6) is 1.16. The Morgan fingerprint density at radius 2 is 2.28 bits per heavy atom. The van der Waals surface area contributed by atoms with Crippen molar-refractivity contribution in [2.45, 2.75) is 12.5 Å². The molecule has 1 unspecified atom stereocenters. The van der Waals surface area contributed by atoms with Gasteiger partial charge in [0.15, 0.2) is 0 Å². The minimum atomic E-state index is -0.165. The molecule has 0 fully saturated rings. The summed E-state index contributed by atoms with van der Waals surface area (Å²) in [5.41, 5.74) is 2.44. The molecular formula is C14H20N2OS. The van der Waals surface area contributed by atoms with Crippen molar-refractivity contribution in [3.05, 3.63) is 35.4 Å². The number of carbonyl (C=O) groups is 1. The molecule has 4 heteroatoms. The number of nitrogens with one attached hydrogen (secondary N) is 1. The molecule has 0 bridgehead atoms. The van der Waals surface area contributed by atoms with Gasteiger partial charge in [-0.1, -0.05) is 24.3 Å². The molecule has 2 rings (SSSR count). The van der Waals surface area contributed by atoms with Gasteiger partial charge < -0.3 is 10.2 Å². The topological polar surface area (TPSA) is 32.3 Å². The lowest BCUT2D eigenvalue weighted by Crippen LogP contribution is -2.42. The quantitative estimate of drug-likeness (QED) is 0.898. The Kier molecular flexibility index (Phi) is 4.66. The monoisotopic (exact) mass is 264 g/mol. The molecule has 0 radical (unpaired) electrons. The molecule has 98 valence electrons. The molecule has 1 aromatic carbocycles. The van der Waals surface area contributed by atoms with Crippen molar-refractivity contribution in [3.63, 3.8) is 0 Å². The Labute approximate surface area is 113 Å². The van der Waals surface area contributed by atoms with Gasteiger partial charge in [0.2, 0.25) is 5.91 Å². The summed E-state index contributed by atoms with van der Waals surface area (Å²) in [6.45, 7) is 1.68. The average Bonchev–Trinajstić information content (AvgIpc) is 2.43. The third-order valence-corrected chi connectivity index (χ3v) is 3.95. The van der Waals surface area contributed by atoms with Gasteiger partial charge in [0.25, 0.3) is 0 Å². The molecule has 0 aromatic heterocycles. The second-order valence-corrected chi connectivity index (χ2v) is 5.57. The van der Waals surface area contributed by atoms with Gasteiger partial charge >= 0.3 is 0 Å². The SMILES string of the molecule is CSCCN(C)C(=O)C1NCCc2ccccc21.